The van der Waals surface area contributed by atoms with Crippen molar-refractivity contribution in [2.24, 2.45) is 11.7 Å². The van der Waals surface area contributed by atoms with Gasteiger partial charge in [-0.3, -0.25) is 20.5 Å². The van der Waals surface area contributed by atoms with Gasteiger partial charge >= 0.3 is 0 Å². The Kier molecular flexibility index (Phi) is 4.70. The van der Waals surface area contributed by atoms with Crippen LogP contribution in [0.1, 0.15) is 12.8 Å². The van der Waals surface area contributed by atoms with Crippen molar-refractivity contribution in [1.29, 1.82) is 0 Å². The number of nitrogens with one attached hydrogen (secondary N) is 2. The van der Waals surface area contributed by atoms with Crippen molar-refractivity contribution in [1.82, 2.24) is 15.3 Å². The molecule has 1 atom stereocenters. The molecule has 1 heterocycles. The summed E-state index contributed by atoms with van der Waals surface area (Å²) in [7, 11) is 1.94. The molecule has 6 nitrogen and oxygen atoms in total. The number of hydrogen-bond donors (Lipinski definition) is 3. The highest BCUT2D eigenvalue weighted by atomic mass is 16.2. The maximum Gasteiger partial charge on any atom is 0.252 e. The predicted molar refractivity (Wildman–Crippen MR) is 74.2 cm³/mol. The first kappa shape index (κ1) is 13.8. The van der Waals surface area contributed by atoms with Crippen molar-refractivity contribution >= 4 is 11.7 Å². The van der Waals surface area contributed by atoms with Gasteiger partial charge in [0.1, 0.15) is 5.82 Å². The number of rotatable bonds is 7. The standard InChI is InChI=1S/C13H21N5O/c1-18(11(8-14)10-5-6-10)9-13(19)17-16-12-4-2-3-7-15-12/h2-4,7,10-11H,5-6,8-9,14H2,1H3,(H,15,16)(H,17,19). The van der Waals surface area contributed by atoms with Gasteiger partial charge in [0.05, 0.1) is 6.54 Å². The van der Waals surface area contributed by atoms with E-state index in [0.717, 1.165) is 0 Å². The highest BCUT2D eigenvalue weighted by Gasteiger charge is 2.33. The van der Waals surface area contributed by atoms with E-state index >= 15 is 0 Å². The molecule has 0 aliphatic heterocycles. The minimum Gasteiger partial charge on any atom is -0.329 e. The molecule has 0 radical (unpaired) electrons. The second-order valence-electron chi connectivity index (χ2n) is 4.94. The number of aromatic nitrogens is 1. The van der Waals surface area contributed by atoms with Crippen LogP contribution in [0.2, 0.25) is 0 Å². The molecule has 1 aromatic heterocycles. The van der Waals surface area contributed by atoms with Crippen molar-refractivity contribution in [3.8, 4) is 0 Å². The summed E-state index contributed by atoms with van der Waals surface area (Å²) in [5, 5.41) is 0. The third kappa shape index (κ3) is 4.18. The molecule has 1 aliphatic rings. The second-order valence-corrected chi connectivity index (χ2v) is 4.94. The normalized spacial score (nSPS) is 16.2. The maximum absolute atomic E-state index is 11.8. The Bertz CT molecular complexity index is 407. The molecule has 1 unspecified atom stereocenters. The number of carbonyl (C=O) groups is 1. The number of carbonyl (C=O) groups excluding carboxylic acids is 1. The average Bonchev–Trinajstić information content (AvgIpc) is 3.23. The Balaban J connectivity index is 1.74. The Morgan fingerprint density at radius 1 is 1.58 bits per heavy atom. The van der Waals surface area contributed by atoms with Gasteiger partial charge in [-0.25, -0.2) is 4.98 Å². The minimum atomic E-state index is -0.0905. The molecule has 4 N–H and O–H groups in total. The quantitative estimate of drug-likeness (QED) is 0.612. The van der Waals surface area contributed by atoms with Crippen LogP contribution in [0, 0.1) is 5.92 Å². The van der Waals surface area contributed by atoms with Gasteiger partial charge in [-0.2, -0.15) is 0 Å². The fraction of sp³-hybridized carbons (Fsp3) is 0.538. The van der Waals surface area contributed by atoms with Crippen LogP contribution in [-0.4, -0.2) is 42.0 Å². The maximum atomic E-state index is 11.8. The summed E-state index contributed by atoms with van der Waals surface area (Å²) in [6.45, 7) is 0.931. The first-order valence-corrected chi connectivity index (χ1v) is 6.57. The summed E-state index contributed by atoms with van der Waals surface area (Å²) >= 11 is 0. The van der Waals surface area contributed by atoms with Gasteiger partial charge in [0.25, 0.3) is 5.91 Å². The molecule has 1 aromatic rings. The zero-order chi connectivity index (χ0) is 13.7. The topological polar surface area (TPSA) is 83.3 Å². The molecule has 1 fully saturated rings. The van der Waals surface area contributed by atoms with Crippen LogP contribution in [-0.2, 0) is 4.79 Å². The molecular weight excluding hydrogens is 242 g/mol. The summed E-state index contributed by atoms with van der Waals surface area (Å²) in [4.78, 5) is 17.9. The molecule has 6 heteroatoms. The van der Waals surface area contributed by atoms with Crippen molar-refractivity contribution in [2.75, 3.05) is 25.6 Å². The molecule has 0 aromatic carbocycles. The lowest BCUT2D eigenvalue weighted by atomic mass is 10.1. The fourth-order valence-electron chi connectivity index (χ4n) is 2.17. The number of hydrazine groups is 1. The SMILES string of the molecule is CN(CC(=O)NNc1ccccn1)C(CN)C1CC1. The smallest absolute Gasteiger partial charge is 0.252 e. The highest BCUT2D eigenvalue weighted by molar-refractivity contribution is 5.79. The lowest BCUT2D eigenvalue weighted by Crippen LogP contribution is -2.46. The lowest BCUT2D eigenvalue weighted by molar-refractivity contribution is -0.122. The van der Waals surface area contributed by atoms with Crippen LogP contribution in [0.5, 0.6) is 0 Å². The van der Waals surface area contributed by atoms with Gasteiger partial charge in [-0.05, 0) is 37.9 Å². The zero-order valence-electron chi connectivity index (χ0n) is 11.2. The average molecular weight is 263 g/mol. The van der Waals surface area contributed by atoms with Crippen LogP contribution in [0.25, 0.3) is 0 Å². The second kappa shape index (κ2) is 6.49. The number of hydrogen-bond acceptors (Lipinski definition) is 5. The number of nitrogens with two attached hydrogens (primary N) is 1. The van der Waals surface area contributed by atoms with E-state index in [1.165, 1.54) is 12.8 Å². The number of amides is 1. The molecular formula is C13H21N5O. The largest absolute Gasteiger partial charge is 0.329 e. The summed E-state index contributed by atoms with van der Waals surface area (Å²) in [5.41, 5.74) is 11.2. The van der Waals surface area contributed by atoms with Gasteiger partial charge in [-0.15, -0.1) is 0 Å². The number of nitrogens with zero attached hydrogens (tertiary/aromatic N) is 2. The van der Waals surface area contributed by atoms with Gasteiger partial charge in [0.15, 0.2) is 0 Å². The molecule has 1 saturated carbocycles. The van der Waals surface area contributed by atoms with E-state index in [9.17, 15) is 4.79 Å². The Morgan fingerprint density at radius 3 is 2.95 bits per heavy atom. The first-order valence-electron chi connectivity index (χ1n) is 6.57. The summed E-state index contributed by atoms with van der Waals surface area (Å²) < 4.78 is 0. The summed E-state index contributed by atoms with van der Waals surface area (Å²) in [5.74, 6) is 1.19. The number of likely N-dealkylation sites (N-methyl/N-ethyl adjacent to an activating group) is 1. The van der Waals surface area contributed by atoms with Crippen molar-refractivity contribution in [3.63, 3.8) is 0 Å². The van der Waals surface area contributed by atoms with Crippen LogP contribution in [0.15, 0.2) is 24.4 Å². The summed E-state index contributed by atoms with van der Waals surface area (Å²) in [6, 6.07) is 5.77. The van der Waals surface area contributed by atoms with E-state index in [0.29, 0.717) is 30.9 Å². The van der Waals surface area contributed by atoms with Crippen LogP contribution >= 0.6 is 0 Å². The van der Waals surface area contributed by atoms with E-state index in [-0.39, 0.29) is 5.91 Å². The molecule has 1 amide bonds. The van der Waals surface area contributed by atoms with Gasteiger partial charge < -0.3 is 5.73 Å². The number of anilines is 1. The molecule has 19 heavy (non-hydrogen) atoms. The Labute approximate surface area is 113 Å². The molecule has 104 valence electrons. The molecule has 0 bridgehead atoms. The predicted octanol–water partition coefficient (Wildman–Crippen LogP) is 0.194. The van der Waals surface area contributed by atoms with Gasteiger partial charge in [-0.1, -0.05) is 6.07 Å². The van der Waals surface area contributed by atoms with Crippen molar-refractivity contribution in [2.45, 2.75) is 18.9 Å². The molecule has 2 rings (SSSR count). The molecule has 0 spiro atoms. The third-order valence-corrected chi connectivity index (χ3v) is 3.36. The molecule has 1 aliphatic carbocycles. The highest BCUT2D eigenvalue weighted by Crippen LogP contribution is 2.34. The monoisotopic (exact) mass is 263 g/mol. The van der Waals surface area contributed by atoms with E-state index in [1.807, 2.05) is 24.1 Å². The first-order chi connectivity index (χ1) is 9.20. The van der Waals surface area contributed by atoms with E-state index in [2.05, 4.69) is 15.8 Å². The van der Waals surface area contributed by atoms with Gasteiger partial charge in [0, 0.05) is 18.8 Å². The van der Waals surface area contributed by atoms with Crippen LogP contribution in [0.4, 0.5) is 5.82 Å². The molecule has 0 saturated heterocycles. The van der Waals surface area contributed by atoms with Crippen molar-refractivity contribution < 1.29 is 4.79 Å². The van der Waals surface area contributed by atoms with E-state index < -0.39 is 0 Å². The van der Waals surface area contributed by atoms with E-state index in [4.69, 9.17) is 5.73 Å². The fourth-order valence-corrected chi connectivity index (χ4v) is 2.17. The van der Waals surface area contributed by atoms with Gasteiger partial charge in [0.2, 0.25) is 0 Å². The van der Waals surface area contributed by atoms with E-state index in [1.54, 1.807) is 12.3 Å². The zero-order valence-corrected chi connectivity index (χ0v) is 11.2. The lowest BCUT2D eigenvalue weighted by Gasteiger charge is -2.26. The van der Waals surface area contributed by atoms with Crippen molar-refractivity contribution in [3.05, 3.63) is 24.4 Å². The Hall–Kier alpha value is -1.66. The van der Waals surface area contributed by atoms with Crippen LogP contribution in [0.3, 0.4) is 0 Å². The Morgan fingerprint density at radius 2 is 2.37 bits per heavy atom. The third-order valence-electron chi connectivity index (χ3n) is 3.36. The van der Waals surface area contributed by atoms with Crippen LogP contribution < -0.4 is 16.6 Å². The summed E-state index contributed by atoms with van der Waals surface area (Å²) in [6.07, 6.45) is 4.11. The minimum absolute atomic E-state index is 0.0905. The number of pyridine rings is 1.